The smallest absolute Gasteiger partial charge is 0.360 e. The first-order valence-corrected chi connectivity index (χ1v) is 24.2. The Morgan fingerprint density at radius 2 is 0.971 bits per heavy atom. The van der Waals surface area contributed by atoms with E-state index < -0.39 is 23.1 Å². The van der Waals surface area contributed by atoms with Gasteiger partial charge in [-0.25, -0.2) is 19.6 Å². The average molecular weight is 931 g/mol. The van der Waals surface area contributed by atoms with Crippen LogP contribution in [-0.2, 0) is 20.7 Å². The zero-order valence-corrected chi connectivity index (χ0v) is 42.1. The Hall–Kier alpha value is -7.02. The first-order valence-electron chi connectivity index (χ1n) is 24.2. The van der Waals surface area contributed by atoms with Crippen molar-refractivity contribution in [2.24, 2.45) is 0 Å². The van der Waals surface area contributed by atoms with Crippen molar-refractivity contribution in [3.05, 3.63) is 159 Å². The van der Waals surface area contributed by atoms with Gasteiger partial charge in [-0.15, -0.1) is 0 Å². The monoisotopic (exact) mass is 931 g/mol. The average Bonchev–Trinajstić information content (AvgIpc) is 3.82. The molecule has 3 aliphatic rings. The molecule has 13 heteroatoms. The van der Waals surface area contributed by atoms with Crippen LogP contribution in [0.25, 0.3) is 0 Å². The Morgan fingerprint density at radius 1 is 0.551 bits per heavy atom. The van der Waals surface area contributed by atoms with E-state index in [1.54, 1.807) is 12.4 Å². The number of fused-ring (bicyclic) bond motifs is 2. The predicted molar refractivity (Wildman–Crippen MR) is 273 cm³/mol. The Kier molecular flexibility index (Phi) is 14.0. The lowest BCUT2D eigenvalue weighted by atomic mass is 9.79. The molecule has 2 aromatic heterocycles. The summed E-state index contributed by atoms with van der Waals surface area (Å²) < 4.78 is 18.8. The fraction of sp³-hybridized carbons (Fsp3) is 0.393. The van der Waals surface area contributed by atoms with Gasteiger partial charge in [0.1, 0.15) is 17.1 Å². The van der Waals surface area contributed by atoms with Gasteiger partial charge in [0.25, 0.3) is 0 Å². The molecular weight excluding hydrogens is 865 g/mol. The molecule has 4 aromatic carbocycles. The molecule has 1 saturated carbocycles. The Bertz CT molecular complexity index is 2800. The van der Waals surface area contributed by atoms with Crippen molar-refractivity contribution < 1.29 is 23.8 Å². The van der Waals surface area contributed by atoms with Gasteiger partial charge in [-0.2, -0.15) is 0 Å². The van der Waals surface area contributed by atoms with E-state index in [0.29, 0.717) is 29.8 Å². The number of nitrogens with zero attached hydrogens (tertiary/aromatic N) is 8. The highest BCUT2D eigenvalue weighted by atomic mass is 16.6. The minimum Gasteiger partial charge on any atom is -0.493 e. The molecule has 9 rings (SSSR count). The van der Waals surface area contributed by atoms with Gasteiger partial charge in [-0.1, -0.05) is 37.5 Å². The van der Waals surface area contributed by atoms with Crippen molar-refractivity contribution in [1.29, 1.82) is 0 Å². The summed E-state index contributed by atoms with van der Waals surface area (Å²) in [5, 5.41) is 0. The molecule has 69 heavy (non-hydrogen) atoms. The number of hydrogen-bond donors (Lipinski definition) is 0. The second-order valence-corrected chi connectivity index (χ2v) is 18.6. The number of hydrogen-bond acceptors (Lipinski definition) is 13. The number of aromatic nitrogens is 4. The molecule has 0 N–H and O–H groups in total. The fourth-order valence-electron chi connectivity index (χ4n) is 10.4. The summed E-state index contributed by atoms with van der Waals surface area (Å²) in [5.41, 5.74) is 10.0. The lowest BCUT2D eigenvalue weighted by Crippen LogP contribution is -2.34. The second-order valence-electron chi connectivity index (χ2n) is 18.6. The minimum absolute atomic E-state index is 0.246. The molecule has 1 unspecified atom stereocenters. The van der Waals surface area contributed by atoms with E-state index in [2.05, 4.69) is 105 Å². The summed E-state index contributed by atoms with van der Waals surface area (Å²) in [4.78, 5) is 52.9. The maximum Gasteiger partial charge on any atom is 0.360 e. The van der Waals surface area contributed by atoms with Crippen LogP contribution in [0.2, 0.25) is 0 Å². The third kappa shape index (κ3) is 8.72. The van der Waals surface area contributed by atoms with E-state index in [1.807, 2.05) is 79.3 Å². The van der Waals surface area contributed by atoms with Crippen LogP contribution in [0, 0.1) is 20.8 Å². The normalized spacial score (nSPS) is 16.9. The van der Waals surface area contributed by atoms with Crippen LogP contribution in [0.5, 0.6) is 5.75 Å². The van der Waals surface area contributed by atoms with Gasteiger partial charge in [0.05, 0.1) is 6.61 Å². The molecule has 0 radical (unpaired) electrons. The number of benzene rings is 4. The molecule has 2 aliphatic heterocycles. The molecule has 1 aliphatic carbocycles. The molecule has 4 heterocycles. The van der Waals surface area contributed by atoms with Crippen LogP contribution in [0.4, 0.5) is 22.7 Å². The summed E-state index contributed by atoms with van der Waals surface area (Å²) in [6.45, 7) is 14.6. The molecule has 360 valence electrons. The molecule has 0 saturated heterocycles. The Balaban J connectivity index is 0.000000192. The molecule has 1 fully saturated rings. The predicted octanol–water partition coefficient (Wildman–Crippen LogP) is 9.95. The number of carbonyl (C=O) groups is 2. The largest absolute Gasteiger partial charge is 0.493 e. The number of rotatable bonds is 13. The van der Waals surface area contributed by atoms with E-state index in [4.69, 9.17) is 19.2 Å². The fourth-order valence-corrected chi connectivity index (χ4v) is 10.4. The van der Waals surface area contributed by atoms with Crippen molar-refractivity contribution in [2.45, 2.75) is 90.9 Å². The lowest BCUT2D eigenvalue weighted by Gasteiger charge is -2.35. The molecule has 0 spiro atoms. The number of carbonyl (C=O) groups excluding carboxylic acids is 2. The van der Waals surface area contributed by atoms with E-state index in [-0.39, 0.29) is 11.4 Å². The van der Waals surface area contributed by atoms with E-state index >= 15 is 0 Å². The number of aryl methyl sites for hydroxylation is 3. The molecular formula is C56H66N8O5. The van der Waals surface area contributed by atoms with Gasteiger partial charge in [0.2, 0.25) is 11.2 Å². The van der Waals surface area contributed by atoms with Gasteiger partial charge in [-0.3, -0.25) is 9.97 Å². The third-order valence-corrected chi connectivity index (χ3v) is 14.0. The number of anilines is 4. The van der Waals surface area contributed by atoms with Crippen molar-refractivity contribution in [1.82, 2.24) is 19.9 Å². The van der Waals surface area contributed by atoms with Crippen molar-refractivity contribution in [3.8, 4) is 5.75 Å². The molecule has 0 bridgehead atoms. The summed E-state index contributed by atoms with van der Waals surface area (Å²) in [6.07, 6.45) is 12.6. The van der Waals surface area contributed by atoms with Gasteiger partial charge in [0.15, 0.2) is 11.4 Å². The van der Waals surface area contributed by atoms with Crippen molar-refractivity contribution in [2.75, 3.05) is 74.5 Å². The maximum absolute atomic E-state index is 13.3. The summed E-state index contributed by atoms with van der Waals surface area (Å²) in [5.74, 6) is -0.252. The molecule has 1 atom stereocenters. The van der Waals surface area contributed by atoms with Crippen LogP contribution in [0.15, 0.2) is 97.6 Å². The van der Waals surface area contributed by atoms with Gasteiger partial charge in [0, 0.05) is 130 Å². The number of ether oxygens (including phenoxy) is 3. The van der Waals surface area contributed by atoms with Crippen LogP contribution in [-0.4, -0.2) is 92.9 Å². The first-order chi connectivity index (χ1) is 33.2. The highest BCUT2D eigenvalue weighted by Crippen LogP contribution is 2.51. The SMILES string of the molecule is CCOc1cc(N(CC)CC)ccc1C1(c2ccc(N(C)C3CCCCC3)cc2C)OC(=O)c2nccnc21.Cc1cc(N(C)C)ccc1C1(c2ccc(N(C)C)cc2C)OC(=O)c2nccnc21. The highest BCUT2D eigenvalue weighted by Gasteiger charge is 2.54. The van der Waals surface area contributed by atoms with Crippen LogP contribution >= 0.6 is 0 Å². The number of esters is 2. The van der Waals surface area contributed by atoms with E-state index in [1.165, 1.54) is 50.2 Å². The van der Waals surface area contributed by atoms with Gasteiger partial charge < -0.3 is 33.8 Å². The van der Waals surface area contributed by atoms with Crippen LogP contribution in [0.1, 0.15) is 124 Å². The first kappa shape index (κ1) is 48.4. The molecule has 0 amide bonds. The van der Waals surface area contributed by atoms with E-state index in [0.717, 1.165) is 69.1 Å². The lowest BCUT2D eigenvalue weighted by molar-refractivity contribution is 0.0224. The summed E-state index contributed by atoms with van der Waals surface area (Å²) in [7, 11) is 10.2. The Morgan fingerprint density at radius 3 is 1.42 bits per heavy atom. The maximum atomic E-state index is 13.3. The topological polar surface area (TPSA) is 126 Å². The summed E-state index contributed by atoms with van der Waals surface area (Å²) in [6, 6.07) is 25.5. The standard InChI is InChI=1S/C32H40N4O3.C24H26N4O2/c1-6-36(7-2)25-15-17-27(28(21-25)38-8-3)32(30-29(31(37)39-32)33-18-19-34-30)26-16-14-24(20-22(26)4)35(5)23-12-10-9-11-13-23;1-15-13-17(27(3)4)7-9-19(15)24(20-10-8-18(28(5)6)14-16(20)2)22-21(23(29)30-24)25-11-12-26-22/h14-21,23H,6-13H2,1-5H3;7-14H,1-6H3. The Labute approximate surface area is 407 Å². The molecule has 13 nitrogen and oxygen atoms in total. The summed E-state index contributed by atoms with van der Waals surface area (Å²) >= 11 is 0. The zero-order chi connectivity index (χ0) is 49.2. The van der Waals surface area contributed by atoms with Crippen molar-refractivity contribution in [3.63, 3.8) is 0 Å². The van der Waals surface area contributed by atoms with Crippen LogP contribution in [0.3, 0.4) is 0 Å². The van der Waals surface area contributed by atoms with E-state index in [9.17, 15) is 9.59 Å². The van der Waals surface area contributed by atoms with Gasteiger partial charge >= 0.3 is 11.9 Å². The van der Waals surface area contributed by atoms with Gasteiger partial charge in [-0.05, 0) is 120 Å². The van der Waals surface area contributed by atoms with Crippen LogP contribution < -0.4 is 24.3 Å². The third-order valence-electron chi connectivity index (χ3n) is 14.0. The highest BCUT2D eigenvalue weighted by molar-refractivity contribution is 5.95. The second kappa shape index (κ2) is 19.9. The zero-order valence-electron chi connectivity index (χ0n) is 42.1. The molecule has 6 aromatic rings. The van der Waals surface area contributed by atoms with Crippen molar-refractivity contribution >= 4 is 34.7 Å². The quantitative estimate of drug-likeness (QED) is 0.102. The number of cyclic esters (lactones) is 2. The minimum atomic E-state index is -1.26.